The molecule has 3 aromatic carbocycles. The van der Waals surface area contributed by atoms with Gasteiger partial charge in [-0.3, -0.25) is 5.32 Å². The summed E-state index contributed by atoms with van der Waals surface area (Å²) < 4.78 is 10.7. The van der Waals surface area contributed by atoms with Crippen molar-refractivity contribution in [3.8, 4) is 11.1 Å². The fourth-order valence-electron chi connectivity index (χ4n) is 4.36. The van der Waals surface area contributed by atoms with Crippen molar-refractivity contribution in [1.29, 1.82) is 0 Å². The van der Waals surface area contributed by atoms with Crippen molar-refractivity contribution >= 4 is 23.8 Å². The van der Waals surface area contributed by atoms with Crippen molar-refractivity contribution in [3.63, 3.8) is 0 Å². The van der Waals surface area contributed by atoms with E-state index in [1.165, 1.54) is 0 Å². The second-order valence-electron chi connectivity index (χ2n) is 9.89. The van der Waals surface area contributed by atoms with E-state index in [2.05, 4.69) is 34.9 Å². The molecule has 0 saturated heterocycles. The van der Waals surface area contributed by atoms with Gasteiger partial charge in [0.05, 0.1) is 0 Å². The zero-order valence-electron chi connectivity index (χ0n) is 21.0. The van der Waals surface area contributed by atoms with Crippen LogP contribution in [0.15, 0.2) is 72.8 Å². The maximum atomic E-state index is 12.5. The highest BCUT2D eigenvalue weighted by molar-refractivity contribution is 5.85. The molecule has 0 fully saturated rings. The number of anilines is 1. The lowest BCUT2D eigenvalue weighted by Gasteiger charge is -2.22. The van der Waals surface area contributed by atoms with Crippen molar-refractivity contribution < 1.29 is 29.0 Å². The lowest BCUT2D eigenvalue weighted by atomic mass is 9.98. The molecule has 3 N–H and O–H groups in total. The molecule has 0 bridgehead atoms. The van der Waals surface area contributed by atoms with Gasteiger partial charge in [-0.1, -0.05) is 60.7 Å². The van der Waals surface area contributed by atoms with Crippen LogP contribution in [0.25, 0.3) is 11.1 Å². The maximum absolute atomic E-state index is 12.5. The molecule has 1 atom stereocenters. The number of fused-ring (bicyclic) bond motifs is 3. The van der Waals surface area contributed by atoms with Gasteiger partial charge in [0.25, 0.3) is 0 Å². The molecule has 0 unspecified atom stereocenters. The number of alkyl carbamates (subject to hydrolysis) is 1. The number of benzene rings is 3. The first-order chi connectivity index (χ1) is 17.6. The number of aliphatic carboxylic acids is 1. The number of carboxylic acids is 1. The lowest BCUT2D eigenvalue weighted by molar-refractivity contribution is -0.139. The van der Waals surface area contributed by atoms with Gasteiger partial charge in [0.2, 0.25) is 0 Å². The maximum Gasteiger partial charge on any atom is 0.411 e. The molecule has 8 nitrogen and oxygen atoms in total. The summed E-state index contributed by atoms with van der Waals surface area (Å²) in [6, 6.07) is 21.8. The molecule has 192 valence electrons. The van der Waals surface area contributed by atoms with E-state index in [1.807, 2.05) is 24.3 Å². The van der Waals surface area contributed by atoms with Crippen LogP contribution in [0.3, 0.4) is 0 Å². The van der Waals surface area contributed by atoms with Crippen LogP contribution >= 0.6 is 0 Å². The molecule has 0 aliphatic heterocycles. The average Bonchev–Trinajstić information content (AvgIpc) is 3.16. The SMILES string of the molecule is CC(C)(C)OC(=O)N[C@H](Cc1ccc(NC(=O)OCC2c3ccccc3-c3ccccc32)cc1)C(=O)O. The van der Waals surface area contributed by atoms with Gasteiger partial charge in [-0.15, -0.1) is 0 Å². The first-order valence-electron chi connectivity index (χ1n) is 12.0. The molecule has 0 spiro atoms. The van der Waals surface area contributed by atoms with Crippen molar-refractivity contribution in [3.05, 3.63) is 89.5 Å². The number of rotatable bonds is 7. The monoisotopic (exact) mass is 502 g/mol. The highest BCUT2D eigenvalue weighted by atomic mass is 16.6. The second kappa shape index (κ2) is 10.7. The highest BCUT2D eigenvalue weighted by Gasteiger charge is 2.29. The van der Waals surface area contributed by atoms with E-state index in [0.717, 1.165) is 22.3 Å². The number of amides is 2. The Bertz CT molecular complexity index is 1250. The molecule has 0 saturated carbocycles. The molecule has 1 aliphatic carbocycles. The van der Waals surface area contributed by atoms with Crippen LogP contribution in [0.4, 0.5) is 15.3 Å². The molecule has 0 heterocycles. The summed E-state index contributed by atoms with van der Waals surface area (Å²) >= 11 is 0. The largest absolute Gasteiger partial charge is 0.480 e. The second-order valence-corrected chi connectivity index (χ2v) is 9.89. The summed E-state index contributed by atoms with van der Waals surface area (Å²) in [5.74, 6) is -1.21. The van der Waals surface area contributed by atoms with Crippen LogP contribution in [0.5, 0.6) is 0 Å². The quantitative estimate of drug-likeness (QED) is 0.389. The molecule has 4 rings (SSSR count). The summed E-state index contributed by atoms with van der Waals surface area (Å²) in [7, 11) is 0. The van der Waals surface area contributed by atoms with Crippen LogP contribution in [-0.2, 0) is 20.7 Å². The molecular formula is C29H30N2O6. The van der Waals surface area contributed by atoms with Gasteiger partial charge in [0.1, 0.15) is 18.2 Å². The minimum absolute atomic E-state index is 0.0362. The van der Waals surface area contributed by atoms with E-state index >= 15 is 0 Å². The molecule has 0 aromatic heterocycles. The van der Waals surface area contributed by atoms with E-state index in [0.29, 0.717) is 11.3 Å². The average molecular weight is 503 g/mol. The zero-order chi connectivity index (χ0) is 26.6. The summed E-state index contributed by atoms with van der Waals surface area (Å²) in [4.78, 5) is 36.1. The van der Waals surface area contributed by atoms with Gasteiger partial charge >= 0.3 is 18.2 Å². The van der Waals surface area contributed by atoms with E-state index < -0.39 is 29.8 Å². The number of ether oxygens (including phenoxy) is 2. The minimum Gasteiger partial charge on any atom is -0.480 e. The molecule has 37 heavy (non-hydrogen) atoms. The van der Waals surface area contributed by atoms with E-state index in [9.17, 15) is 19.5 Å². The Labute approximate surface area is 215 Å². The molecule has 8 heteroatoms. The predicted octanol–water partition coefficient (Wildman–Crippen LogP) is 5.57. The smallest absolute Gasteiger partial charge is 0.411 e. The zero-order valence-corrected chi connectivity index (χ0v) is 21.0. The van der Waals surface area contributed by atoms with E-state index in [1.54, 1.807) is 45.0 Å². The molecule has 3 aromatic rings. The van der Waals surface area contributed by atoms with Crippen molar-refractivity contribution in [2.24, 2.45) is 0 Å². The van der Waals surface area contributed by atoms with E-state index in [4.69, 9.17) is 9.47 Å². The van der Waals surface area contributed by atoms with Crippen LogP contribution in [0.1, 0.15) is 43.4 Å². The van der Waals surface area contributed by atoms with Gasteiger partial charge in [0.15, 0.2) is 0 Å². The third-order valence-electron chi connectivity index (χ3n) is 5.97. The lowest BCUT2D eigenvalue weighted by Crippen LogP contribution is -2.44. The van der Waals surface area contributed by atoms with Crippen LogP contribution in [-0.4, -0.2) is 41.5 Å². The Hall–Kier alpha value is -4.33. The van der Waals surface area contributed by atoms with Gasteiger partial charge in [0, 0.05) is 18.0 Å². The number of carbonyl (C=O) groups excluding carboxylic acids is 2. The summed E-state index contributed by atoms with van der Waals surface area (Å²) in [5, 5.41) is 14.6. The normalized spacial score (nSPS) is 13.2. The summed E-state index contributed by atoms with van der Waals surface area (Å²) in [6.45, 7) is 5.30. The predicted molar refractivity (Wildman–Crippen MR) is 140 cm³/mol. The number of hydrogen-bond acceptors (Lipinski definition) is 5. The Morgan fingerprint density at radius 2 is 1.43 bits per heavy atom. The van der Waals surface area contributed by atoms with Gasteiger partial charge in [-0.05, 0) is 60.7 Å². The van der Waals surface area contributed by atoms with Gasteiger partial charge in [-0.25, -0.2) is 14.4 Å². The fraction of sp³-hybridized carbons (Fsp3) is 0.276. The third kappa shape index (κ3) is 6.46. The molecule has 2 amide bonds. The number of carbonyl (C=O) groups is 3. The van der Waals surface area contributed by atoms with Crippen molar-refractivity contribution in [1.82, 2.24) is 5.32 Å². The standard InChI is InChI=1S/C29H30N2O6/c1-29(2,3)37-28(35)31-25(26(32)33)16-18-12-14-19(15-13-18)30-27(34)36-17-24-22-10-6-4-8-20(22)21-9-5-7-11-23(21)24/h4-15,24-25H,16-17H2,1-3H3,(H,30,34)(H,31,35)(H,32,33)/t25-/m1/s1. The minimum atomic E-state index is -1.17. The van der Waals surface area contributed by atoms with Gasteiger partial charge in [-0.2, -0.15) is 0 Å². The number of nitrogens with one attached hydrogen (secondary N) is 2. The van der Waals surface area contributed by atoms with Crippen molar-refractivity contribution in [2.45, 2.75) is 44.8 Å². The van der Waals surface area contributed by atoms with Crippen LogP contribution < -0.4 is 10.6 Å². The summed E-state index contributed by atoms with van der Waals surface area (Å²) in [5.41, 5.74) is 5.02. The third-order valence-corrected chi connectivity index (χ3v) is 5.97. The topological polar surface area (TPSA) is 114 Å². The Balaban J connectivity index is 1.33. The highest BCUT2D eigenvalue weighted by Crippen LogP contribution is 2.44. The fourth-order valence-corrected chi connectivity index (χ4v) is 4.36. The van der Waals surface area contributed by atoms with Gasteiger partial charge < -0.3 is 19.9 Å². The Morgan fingerprint density at radius 1 is 0.865 bits per heavy atom. The van der Waals surface area contributed by atoms with Crippen molar-refractivity contribution in [2.75, 3.05) is 11.9 Å². The van der Waals surface area contributed by atoms with E-state index in [-0.39, 0.29) is 18.9 Å². The summed E-state index contributed by atoms with van der Waals surface area (Å²) in [6.07, 6.45) is -1.32. The first-order valence-corrected chi connectivity index (χ1v) is 12.0. The Morgan fingerprint density at radius 3 is 1.97 bits per heavy atom. The molecular weight excluding hydrogens is 472 g/mol. The van der Waals surface area contributed by atoms with Crippen LogP contribution in [0.2, 0.25) is 0 Å². The first kappa shape index (κ1) is 25.8. The Kier molecular flexibility index (Phi) is 7.47. The van der Waals surface area contributed by atoms with Crippen LogP contribution in [0, 0.1) is 0 Å². The number of hydrogen-bond donors (Lipinski definition) is 3. The number of carboxylic acid groups (broad SMARTS) is 1. The molecule has 1 aliphatic rings. The molecule has 0 radical (unpaired) electrons.